The van der Waals surface area contributed by atoms with Crippen molar-refractivity contribution in [1.29, 1.82) is 0 Å². The number of carboxylic acids is 1. The lowest BCUT2D eigenvalue weighted by atomic mass is 10.3. The van der Waals surface area contributed by atoms with E-state index in [9.17, 15) is 4.79 Å². The van der Waals surface area contributed by atoms with E-state index < -0.39 is 5.97 Å². The Balaban J connectivity index is 0. The van der Waals surface area contributed by atoms with Crippen LogP contribution in [0.1, 0.15) is 12.8 Å². The number of hydrogen-bond donors (Lipinski definition) is 2. The molecule has 0 bridgehead atoms. The van der Waals surface area contributed by atoms with Crippen LogP contribution in [0, 0.1) is 0 Å². The van der Waals surface area contributed by atoms with E-state index in [-0.39, 0.29) is 6.15 Å². The first-order chi connectivity index (χ1) is 3.77. The molecule has 0 amide bonds. The minimum Gasteiger partial charge on any atom is -0.481 e. The summed E-state index contributed by atoms with van der Waals surface area (Å²) in [6, 6.07) is 0. The molecule has 4 heteroatoms. The van der Waals surface area contributed by atoms with Gasteiger partial charge in [0.15, 0.2) is 0 Å². The first kappa shape index (κ1) is 11.6. The maximum absolute atomic E-state index is 9.86. The molecule has 0 aliphatic carbocycles. The van der Waals surface area contributed by atoms with Crippen molar-refractivity contribution in [2.24, 2.45) is 0 Å². The molecule has 0 atom stereocenters. The fourth-order valence-corrected chi connectivity index (χ4v) is 0.801. The highest BCUT2D eigenvalue weighted by Gasteiger charge is 1.93. The third kappa shape index (κ3) is 11.4. The molecule has 0 aromatic carbocycles. The highest BCUT2D eigenvalue weighted by atomic mass is 32.2. The normalized spacial score (nSPS) is 8.11. The Bertz CT molecular complexity index is 77.4. The predicted octanol–water partition coefficient (Wildman–Crippen LogP) is 1.38. The van der Waals surface area contributed by atoms with Crippen LogP contribution in [0.2, 0.25) is 0 Å². The number of rotatable bonds is 4. The molecule has 0 saturated heterocycles. The summed E-state index contributed by atoms with van der Waals surface area (Å²) in [7, 11) is 0. The van der Waals surface area contributed by atoms with E-state index in [0.29, 0.717) is 6.42 Å². The third-order valence-corrected chi connectivity index (χ3v) is 1.44. The van der Waals surface area contributed by atoms with Crippen LogP contribution in [-0.4, -0.2) is 23.1 Å². The van der Waals surface area contributed by atoms with E-state index in [1.54, 1.807) is 11.8 Å². The van der Waals surface area contributed by atoms with Crippen LogP contribution in [0.4, 0.5) is 0 Å². The number of hydrogen-bond acceptors (Lipinski definition) is 3. The van der Waals surface area contributed by atoms with Crippen molar-refractivity contribution in [2.75, 3.05) is 12.0 Å². The molecule has 0 saturated carbocycles. The molecule has 0 rings (SSSR count). The minimum absolute atomic E-state index is 0. The average Bonchev–Trinajstić information content (AvgIpc) is 1.66. The van der Waals surface area contributed by atoms with Crippen molar-refractivity contribution in [3.8, 4) is 0 Å². The second-order valence-corrected chi connectivity index (χ2v) is 2.48. The third-order valence-electron chi connectivity index (χ3n) is 0.739. The summed E-state index contributed by atoms with van der Waals surface area (Å²) in [5.41, 5.74) is 0. The van der Waals surface area contributed by atoms with Crippen molar-refractivity contribution in [3.63, 3.8) is 0 Å². The molecular weight excluding hydrogens is 138 g/mol. The van der Waals surface area contributed by atoms with Crippen molar-refractivity contribution >= 4 is 17.7 Å². The summed E-state index contributed by atoms with van der Waals surface area (Å²) in [4.78, 5) is 9.86. The molecule has 56 valence electrons. The lowest BCUT2D eigenvalue weighted by Gasteiger charge is -1.89. The maximum Gasteiger partial charge on any atom is 0.303 e. The van der Waals surface area contributed by atoms with Crippen LogP contribution in [-0.2, 0) is 4.79 Å². The van der Waals surface area contributed by atoms with E-state index in [1.165, 1.54) is 0 Å². The average molecular weight is 151 g/mol. The number of carbonyl (C=O) groups is 1. The second kappa shape index (κ2) is 7.78. The van der Waals surface area contributed by atoms with Crippen molar-refractivity contribution in [1.82, 2.24) is 6.15 Å². The van der Waals surface area contributed by atoms with Gasteiger partial charge in [-0.15, -0.1) is 0 Å². The molecule has 0 aromatic heterocycles. The molecule has 0 aromatic rings. The van der Waals surface area contributed by atoms with E-state index in [1.807, 2.05) is 6.26 Å². The molecule has 0 aliphatic rings. The first-order valence-corrected chi connectivity index (χ1v) is 3.87. The Kier molecular flexibility index (Phi) is 9.99. The quantitative estimate of drug-likeness (QED) is 0.595. The summed E-state index contributed by atoms with van der Waals surface area (Å²) in [6.07, 6.45) is 3.07. The van der Waals surface area contributed by atoms with E-state index in [0.717, 1.165) is 12.2 Å². The van der Waals surface area contributed by atoms with Gasteiger partial charge in [0.25, 0.3) is 0 Å². The molecule has 3 nitrogen and oxygen atoms in total. The molecule has 0 fully saturated rings. The summed E-state index contributed by atoms with van der Waals surface area (Å²) in [5.74, 6) is 0.255. The second-order valence-electron chi connectivity index (χ2n) is 1.49. The fraction of sp³-hybridized carbons (Fsp3) is 0.800. The van der Waals surface area contributed by atoms with Gasteiger partial charge in [-0.05, 0) is 18.4 Å². The zero-order chi connectivity index (χ0) is 6.41. The molecular formula is C5H13NO2S. The summed E-state index contributed by atoms with van der Waals surface area (Å²) in [5, 5.41) is 8.13. The van der Waals surface area contributed by atoms with Gasteiger partial charge < -0.3 is 11.3 Å². The maximum atomic E-state index is 9.86. The number of aliphatic carboxylic acids is 1. The van der Waals surface area contributed by atoms with Gasteiger partial charge >= 0.3 is 5.97 Å². The van der Waals surface area contributed by atoms with Gasteiger partial charge in [-0.3, -0.25) is 4.79 Å². The minimum atomic E-state index is -0.695. The lowest BCUT2D eigenvalue weighted by Crippen LogP contribution is -1.94. The fourth-order valence-electron chi connectivity index (χ4n) is 0.368. The Morgan fingerprint density at radius 2 is 2.22 bits per heavy atom. The van der Waals surface area contributed by atoms with Gasteiger partial charge in [0, 0.05) is 6.42 Å². The summed E-state index contributed by atoms with van der Waals surface area (Å²) < 4.78 is 0. The molecule has 0 unspecified atom stereocenters. The van der Waals surface area contributed by atoms with Gasteiger partial charge in [-0.25, -0.2) is 0 Å². The van der Waals surface area contributed by atoms with E-state index in [2.05, 4.69) is 0 Å². The highest BCUT2D eigenvalue weighted by molar-refractivity contribution is 7.98. The van der Waals surface area contributed by atoms with Crippen molar-refractivity contribution in [3.05, 3.63) is 0 Å². The van der Waals surface area contributed by atoms with Gasteiger partial charge in [-0.1, -0.05) is 0 Å². The lowest BCUT2D eigenvalue weighted by molar-refractivity contribution is -0.137. The number of thioether (sulfide) groups is 1. The van der Waals surface area contributed by atoms with Crippen LogP contribution >= 0.6 is 11.8 Å². The topological polar surface area (TPSA) is 72.3 Å². The summed E-state index contributed by atoms with van der Waals surface area (Å²) >= 11 is 1.68. The summed E-state index contributed by atoms with van der Waals surface area (Å²) in [6.45, 7) is 0. The molecule has 9 heavy (non-hydrogen) atoms. The van der Waals surface area contributed by atoms with Crippen LogP contribution in [0.15, 0.2) is 0 Å². The van der Waals surface area contributed by atoms with E-state index in [4.69, 9.17) is 5.11 Å². The van der Waals surface area contributed by atoms with Gasteiger partial charge in [-0.2, -0.15) is 11.8 Å². The molecule has 0 aliphatic heterocycles. The Hall–Kier alpha value is -0.220. The Labute approximate surface area is 59.4 Å². The van der Waals surface area contributed by atoms with Crippen molar-refractivity contribution in [2.45, 2.75) is 12.8 Å². The smallest absolute Gasteiger partial charge is 0.303 e. The zero-order valence-electron chi connectivity index (χ0n) is 5.59. The first-order valence-electron chi connectivity index (χ1n) is 2.48. The van der Waals surface area contributed by atoms with Crippen molar-refractivity contribution < 1.29 is 9.90 Å². The van der Waals surface area contributed by atoms with E-state index >= 15 is 0 Å². The predicted molar refractivity (Wildman–Crippen MR) is 40.3 cm³/mol. The van der Waals surface area contributed by atoms with Gasteiger partial charge in [0.05, 0.1) is 0 Å². The van der Waals surface area contributed by atoms with Crippen LogP contribution in [0.3, 0.4) is 0 Å². The number of carboxylic acid groups (broad SMARTS) is 1. The largest absolute Gasteiger partial charge is 0.481 e. The monoisotopic (exact) mass is 151 g/mol. The van der Waals surface area contributed by atoms with Crippen LogP contribution in [0.5, 0.6) is 0 Å². The zero-order valence-corrected chi connectivity index (χ0v) is 6.41. The highest BCUT2D eigenvalue weighted by Crippen LogP contribution is 1.97. The SMILES string of the molecule is CSCCCC(=O)O.N. The molecule has 0 spiro atoms. The van der Waals surface area contributed by atoms with Gasteiger partial charge in [0.1, 0.15) is 0 Å². The molecule has 4 N–H and O–H groups in total. The van der Waals surface area contributed by atoms with Gasteiger partial charge in [0.2, 0.25) is 0 Å². The Morgan fingerprint density at radius 3 is 2.56 bits per heavy atom. The molecule has 0 radical (unpaired) electrons. The molecule has 0 heterocycles. The standard InChI is InChI=1S/C5H10O2S.H3N/c1-8-4-2-3-5(6)7;/h2-4H2,1H3,(H,6,7);1H3. The Morgan fingerprint density at radius 1 is 1.67 bits per heavy atom. The van der Waals surface area contributed by atoms with Crippen LogP contribution in [0.25, 0.3) is 0 Å². The van der Waals surface area contributed by atoms with Crippen LogP contribution < -0.4 is 6.15 Å².